The van der Waals surface area contributed by atoms with E-state index in [-0.39, 0.29) is 5.82 Å². The molecule has 5 rings (SSSR count). The van der Waals surface area contributed by atoms with Crippen molar-refractivity contribution in [2.45, 2.75) is 6.92 Å². The molecule has 3 aromatic carbocycles. The van der Waals surface area contributed by atoms with E-state index in [2.05, 4.69) is 20.6 Å². The van der Waals surface area contributed by atoms with Crippen LogP contribution in [0.2, 0.25) is 0 Å². The second kappa shape index (κ2) is 7.81. The van der Waals surface area contributed by atoms with Gasteiger partial charge in [0.1, 0.15) is 11.5 Å². The number of nitrogens with zero attached hydrogens (tertiary/aromatic N) is 4. The summed E-state index contributed by atoms with van der Waals surface area (Å²) < 4.78 is 42.0. The number of halogens is 3. The SMILES string of the molecule is Cc1ccc(Nc2cccc3nc(-c4cn(-c5ccc(F)c(F)c5)nn4)ccc23)cc1F. The van der Waals surface area contributed by atoms with E-state index in [0.717, 1.165) is 23.2 Å². The number of rotatable bonds is 4. The zero-order valence-corrected chi connectivity index (χ0v) is 16.9. The van der Waals surface area contributed by atoms with Crippen molar-refractivity contribution in [3.05, 3.63) is 95.9 Å². The summed E-state index contributed by atoms with van der Waals surface area (Å²) in [7, 11) is 0. The zero-order valence-electron chi connectivity index (χ0n) is 16.9. The monoisotopic (exact) mass is 431 g/mol. The van der Waals surface area contributed by atoms with Gasteiger partial charge in [0, 0.05) is 22.8 Å². The van der Waals surface area contributed by atoms with Gasteiger partial charge in [-0.3, -0.25) is 0 Å². The molecule has 0 fully saturated rings. The number of hydrogen-bond acceptors (Lipinski definition) is 4. The molecule has 0 saturated heterocycles. The van der Waals surface area contributed by atoms with Gasteiger partial charge in [-0.2, -0.15) is 0 Å². The molecule has 0 spiro atoms. The fraction of sp³-hybridized carbons (Fsp3) is 0.0417. The first-order valence-corrected chi connectivity index (χ1v) is 9.79. The third kappa shape index (κ3) is 3.66. The van der Waals surface area contributed by atoms with Gasteiger partial charge in [-0.1, -0.05) is 17.3 Å². The fourth-order valence-corrected chi connectivity index (χ4v) is 3.37. The maximum atomic E-state index is 13.9. The van der Waals surface area contributed by atoms with Crippen LogP contribution in [0, 0.1) is 24.4 Å². The highest BCUT2D eigenvalue weighted by Gasteiger charge is 2.11. The Kier molecular flexibility index (Phi) is 4.82. The van der Waals surface area contributed by atoms with E-state index in [4.69, 9.17) is 0 Å². The average molecular weight is 431 g/mol. The van der Waals surface area contributed by atoms with Crippen LogP contribution < -0.4 is 5.32 Å². The van der Waals surface area contributed by atoms with E-state index in [0.29, 0.717) is 33.8 Å². The van der Waals surface area contributed by atoms with Crippen LogP contribution in [-0.4, -0.2) is 20.0 Å². The van der Waals surface area contributed by atoms with Crippen molar-refractivity contribution < 1.29 is 13.2 Å². The minimum atomic E-state index is -0.961. The maximum absolute atomic E-state index is 13.9. The van der Waals surface area contributed by atoms with Crippen molar-refractivity contribution in [1.29, 1.82) is 0 Å². The molecule has 2 aromatic heterocycles. The van der Waals surface area contributed by atoms with Gasteiger partial charge in [-0.15, -0.1) is 5.10 Å². The van der Waals surface area contributed by atoms with Crippen molar-refractivity contribution in [2.24, 2.45) is 0 Å². The number of hydrogen-bond donors (Lipinski definition) is 1. The molecule has 0 saturated carbocycles. The highest BCUT2D eigenvalue weighted by atomic mass is 19.2. The Bertz CT molecular complexity index is 1460. The summed E-state index contributed by atoms with van der Waals surface area (Å²) in [4.78, 5) is 4.65. The van der Waals surface area contributed by atoms with E-state index in [1.54, 1.807) is 25.3 Å². The summed E-state index contributed by atoms with van der Waals surface area (Å²) >= 11 is 0. The Morgan fingerprint density at radius 1 is 0.812 bits per heavy atom. The Hall–Kier alpha value is -4.20. The van der Waals surface area contributed by atoms with Gasteiger partial charge in [-0.25, -0.2) is 22.8 Å². The second-order valence-corrected chi connectivity index (χ2v) is 7.30. The Morgan fingerprint density at radius 2 is 1.69 bits per heavy atom. The van der Waals surface area contributed by atoms with E-state index in [1.807, 2.05) is 30.3 Å². The fourth-order valence-electron chi connectivity index (χ4n) is 3.37. The molecule has 0 unspecified atom stereocenters. The molecule has 0 bridgehead atoms. The normalized spacial score (nSPS) is 11.1. The van der Waals surface area contributed by atoms with Gasteiger partial charge in [0.2, 0.25) is 0 Å². The summed E-state index contributed by atoms with van der Waals surface area (Å²) in [5, 5.41) is 12.2. The molecular formula is C24H16F3N5. The largest absolute Gasteiger partial charge is 0.355 e. The summed E-state index contributed by atoms with van der Waals surface area (Å²) in [6, 6.07) is 17.8. The number of aromatic nitrogens is 4. The Morgan fingerprint density at radius 3 is 2.50 bits per heavy atom. The molecule has 0 atom stereocenters. The first-order chi connectivity index (χ1) is 15.5. The Labute approximate surface area is 181 Å². The van der Waals surface area contributed by atoms with Crippen molar-refractivity contribution in [2.75, 3.05) is 5.32 Å². The van der Waals surface area contributed by atoms with Crippen LogP contribution >= 0.6 is 0 Å². The number of nitrogens with one attached hydrogen (secondary N) is 1. The lowest BCUT2D eigenvalue weighted by Crippen LogP contribution is -1.96. The van der Waals surface area contributed by atoms with E-state index < -0.39 is 11.6 Å². The highest BCUT2D eigenvalue weighted by molar-refractivity contribution is 5.94. The number of anilines is 2. The first-order valence-electron chi connectivity index (χ1n) is 9.79. The number of benzene rings is 3. The average Bonchev–Trinajstić information content (AvgIpc) is 3.28. The zero-order chi connectivity index (χ0) is 22.2. The lowest BCUT2D eigenvalue weighted by Gasteiger charge is -2.11. The van der Waals surface area contributed by atoms with Gasteiger partial charge >= 0.3 is 0 Å². The Balaban J connectivity index is 1.47. The van der Waals surface area contributed by atoms with Gasteiger partial charge in [0.25, 0.3) is 0 Å². The van der Waals surface area contributed by atoms with Crippen LogP contribution in [-0.2, 0) is 0 Å². The lowest BCUT2D eigenvalue weighted by molar-refractivity contribution is 0.507. The highest BCUT2D eigenvalue weighted by Crippen LogP contribution is 2.28. The molecule has 158 valence electrons. The standard InChI is InChI=1S/C24H16F3N5/c1-14-5-6-15(11-19(14)26)28-21-3-2-4-22-17(21)8-10-23(29-22)24-13-32(31-30-24)16-7-9-18(25)20(27)12-16/h2-13,28H,1H3. The van der Waals surface area contributed by atoms with Gasteiger partial charge in [-0.05, 0) is 61.0 Å². The molecule has 0 aliphatic rings. The predicted octanol–water partition coefficient (Wildman–Crippen LogP) is 5.95. The number of pyridine rings is 1. The predicted molar refractivity (Wildman–Crippen MR) is 116 cm³/mol. The quantitative estimate of drug-likeness (QED) is 0.382. The van der Waals surface area contributed by atoms with Crippen LogP contribution in [0.3, 0.4) is 0 Å². The molecule has 5 nitrogen and oxygen atoms in total. The molecule has 0 amide bonds. The molecule has 0 radical (unpaired) electrons. The van der Waals surface area contributed by atoms with E-state index in [1.165, 1.54) is 16.8 Å². The second-order valence-electron chi connectivity index (χ2n) is 7.30. The molecule has 0 aliphatic carbocycles. The molecule has 2 heterocycles. The van der Waals surface area contributed by atoms with Crippen LogP contribution in [0.5, 0.6) is 0 Å². The first kappa shape index (κ1) is 19.7. The van der Waals surface area contributed by atoms with Crippen molar-refractivity contribution in [3.8, 4) is 17.1 Å². The molecule has 8 heteroatoms. The third-order valence-corrected chi connectivity index (χ3v) is 5.11. The molecule has 0 aliphatic heterocycles. The maximum Gasteiger partial charge on any atom is 0.160 e. The summed E-state index contributed by atoms with van der Waals surface area (Å²) in [6.07, 6.45) is 1.60. The molecular weight excluding hydrogens is 415 g/mol. The number of fused-ring (bicyclic) bond motifs is 1. The summed E-state index contributed by atoms with van der Waals surface area (Å²) in [6.45, 7) is 1.71. The van der Waals surface area contributed by atoms with Crippen LogP contribution in [0.15, 0.2) is 72.9 Å². The number of aryl methyl sites for hydroxylation is 1. The lowest BCUT2D eigenvalue weighted by atomic mass is 10.1. The van der Waals surface area contributed by atoms with Crippen LogP contribution in [0.4, 0.5) is 24.5 Å². The minimum Gasteiger partial charge on any atom is -0.355 e. The molecule has 1 N–H and O–H groups in total. The topological polar surface area (TPSA) is 55.6 Å². The van der Waals surface area contributed by atoms with E-state index in [9.17, 15) is 13.2 Å². The van der Waals surface area contributed by atoms with Crippen molar-refractivity contribution in [1.82, 2.24) is 20.0 Å². The third-order valence-electron chi connectivity index (χ3n) is 5.11. The van der Waals surface area contributed by atoms with Gasteiger partial charge in [0.15, 0.2) is 11.6 Å². The molecule has 32 heavy (non-hydrogen) atoms. The van der Waals surface area contributed by atoms with Gasteiger partial charge in [0.05, 0.1) is 23.1 Å². The van der Waals surface area contributed by atoms with Crippen LogP contribution in [0.1, 0.15) is 5.56 Å². The summed E-state index contributed by atoms with van der Waals surface area (Å²) in [5.74, 6) is -2.17. The molecule has 5 aromatic rings. The van der Waals surface area contributed by atoms with E-state index >= 15 is 0 Å². The van der Waals surface area contributed by atoms with Gasteiger partial charge < -0.3 is 5.32 Å². The van der Waals surface area contributed by atoms with Crippen LogP contribution in [0.25, 0.3) is 28.0 Å². The smallest absolute Gasteiger partial charge is 0.160 e. The van der Waals surface area contributed by atoms with Crippen molar-refractivity contribution >= 4 is 22.3 Å². The minimum absolute atomic E-state index is 0.278. The van der Waals surface area contributed by atoms with Crippen molar-refractivity contribution in [3.63, 3.8) is 0 Å². The summed E-state index contributed by atoms with van der Waals surface area (Å²) in [5.41, 5.74) is 4.12.